The molecule has 2 nitrogen and oxygen atoms in total. The minimum atomic E-state index is -0.704. The zero-order chi connectivity index (χ0) is 10.8. The molecular formula is C12H20O2. The van der Waals surface area contributed by atoms with Crippen LogP contribution >= 0.6 is 0 Å². The SMILES string of the molecule is C=CC1(CC(=O)O)CCC(C)(C)CC1. The summed E-state index contributed by atoms with van der Waals surface area (Å²) in [7, 11) is 0. The molecule has 0 aromatic carbocycles. The molecule has 0 aliphatic heterocycles. The van der Waals surface area contributed by atoms with Crippen molar-refractivity contribution >= 4 is 5.97 Å². The van der Waals surface area contributed by atoms with E-state index in [1.807, 2.05) is 6.08 Å². The van der Waals surface area contributed by atoms with E-state index in [-0.39, 0.29) is 11.8 Å². The Labute approximate surface area is 86.0 Å². The molecule has 14 heavy (non-hydrogen) atoms. The lowest BCUT2D eigenvalue weighted by molar-refractivity contribution is -0.139. The van der Waals surface area contributed by atoms with Crippen LogP contribution in [0.25, 0.3) is 0 Å². The van der Waals surface area contributed by atoms with Crippen molar-refractivity contribution < 1.29 is 9.90 Å². The lowest BCUT2D eigenvalue weighted by Crippen LogP contribution is -2.31. The Kier molecular flexibility index (Phi) is 3.03. The van der Waals surface area contributed by atoms with E-state index in [1.54, 1.807) is 0 Å². The number of aliphatic carboxylic acids is 1. The van der Waals surface area contributed by atoms with Gasteiger partial charge in [-0.25, -0.2) is 0 Å². The smallest absolute Gasteiger partial charge is 0.304 e. The maximum atomic E-state index is 10.7. The van der Waals surface area contributed by atoms with E-state index in [9.17, 15) is 4.79 Å². The van der Waals surface area contributed by atoms with Gasteiger partial charge in [-0.1, -0.05) is 19.9 Å². The molecule has 0 heterocycles. The monoisotopic (exact) mass is 196 g/mol. The second kappa shape index (κ2) is 3.76. The largest absolute Gasteiger partial charge is 0.481 e. The summed E-state index contributed by atoms with van der Waals surface area (Å²) < 4.78 is 0. The van der Waals surface area contributed by atoms with Crippen LogP contribution in [0.15, 0.2) is 12.7 Å². The van der Waals surface area contributed by atoms with Gasteiger partial charge in [-0.15, -0.1) is 6.58 Å². The van der Waals surface area contributed by atoms with Crippen LogP contribution in [0.3, 0.4) is 0 Å². The highest BCUT2D eigenvalue weighted by Crippen LogP contribution is 2.47. The summed E-state index contributed by atoms with van der Waals surface area (Å²) in [6, 6.07) is 0. The summed E-state index contributed by atoms with van der Waals surface area (Å²) in [5, 5.41) is 8.84. The van der Waals surface area contributed by atoms with Gasteiger partial charge in [0.2, 0.25) is 0 Å². The third-order valence-corrected chi connectivity index (χ3v) is 3.54. The third-order valence-electron chi connectivity index (χ3n) is 3.54. The number of carboxylic acids is 1. The summed E-state index contributed by atoms with van der Waals surface area (Å²) >= 11 is 0. The Morgan fingerprint density at radius 1 is 1.36 bits per heavy atom. The van der Waals surface area contributed by atoms with Gasteiger partial charge in [-0.05, 0) is 36.5 Å². The molecule has 1 fully saturated rings. The molecule has 0 radical (unpaired) electrons. The number of carbonyl (C=O) groups is 1. The van der Waals surface area contributed by atoms with Gasteiger partial charge in [0.05, 0.1) is 6.42 Å². The van der Waals surface area contributed by atoms with Gasteiger partial charge in [-0.2, -0.15) is 0 Å². The van der Waals surface area contributed by atoms with Crippen molar-refractivity contribution in [2.24, 2.45) is 10.8 Å². The van der Waals surface area contributed by atoms with Crippen molar-refractivity contribution in [3.05, 3.63) is 12.7 Å². The van der Waals surface area contributed by atoms with Crippen LogP contribution in [0.4, 0.5) is 0 Å². The number of hydrogen-bond acceptors (Lipinski definition) is 1. The van der Waals surface area contributed by atoms with Crippen molar-refractivity contribution in [1.82, 2.24) is 0 Å². The number of allylic oxidation sites excluding steroid dienone is 1. The van der Waals surface area contributed by atoms with Crippen molar-refractivity contribution in [2.75, 3.05) is 0 Å². The molecule has 0 bridgehead atoms. The maximum absolute atomic E-state index is 10.7. The molecule has 0 aromatic rings. The topological polar surface area (TPSA) is 37.3 Å². The molecule has 2 heteroatoms. The van der Waals surface area contributed by atoms with Crippen LogP contribution in [-0.2, 0) is 4.79 Å². The minimum Gasteiger partial charge on any atom is -0.481 e. The van der Waals surface area contributed by atoms with Crippen molar-refractivity contribution in [2.45, 2.75) is 46.0 Å². The van der Waals surface area contributed by atoms with E-state index in [0.717, 1.165) is 25.7 Å². The van der Waals surface area contributed by atoms with Gasteiger partial charge >= 0.3 is 5.97 Å². The average molecular weight is 196 g/mol. The van der Waals surface area contributed by atoms with Crippen molar-refractivity contribution in [3.8, 4) is 0 Å². The highest BCUT2D eigenvalue weighted by atomic mass is 16.4. The quantitative estimate of drug-likeness (QED) is 0.703. The summed E-state index contributed by atoms with van der Waals surface area (Å²) in [4.78, 5) is 10.7. The van der Waals surface area contributed by atoms with Crippen LogP contribution in [0.5, 0.6) is 0 Å². The molecule has 1 aliphatic carbocycles. The zero-order valence-corrected chi connectivity index (χ0v) is 9.18. The first-order valence-corrected chi connectivity index (χ1v) is 5.25. The normalized spacial score (nSPS) is 24.1. The fourth-order valence-corrected chi connectivity index (χ4v) is 2.18. The second-order valence-corrected chi connectivity index (χ2v) is 5.30. The third kappa shape index (κ3) is 2.60. The Hall–Kier alpha value is -0.790. The molecule has 1 aliphatic rings. The minimum absolute atomic E-state index is 0.138. The average Bonchev–Trinajstić information content (AvgIpc) is 2.09. The lowest BCUT2D eigenvalue weighted by Gasteiger charge is -2.41. The van der Waals surface area contributed by atoms with Crippen LogP contribution in [0, 0.1) is 10.8 Å². The number of rotatable bonds is 3. The molecule has 0 amide bonds. The Morgan fingerprint density at radius 3 is 2.21 bits per heavy atom. The highest BCUT2D eigenvalue weighted by molar-refractivity contribution is 5.68. The van der Waals surface area contributed by atoms with Gasteiger partial charge < -0.3 is 5.11 Å². The molecule has 0 atom stereocenters. The molecule has 0 unspecified atom stereocenters. The van der Waals surface area contributed by atoms with E-state index in [1.165, 1.54) is 0 Å². The van der Waals surface area contributed by atoms with Gasteiger partial charge in [0.15, 0.2) is 0 Å². The number of hydrogen-bond donors (Lipinski definition) is 1. The maximum Gasteiger partial charge on any atom is 0.304 e. The predicted octanol–water partition coefficient (Wildman–Crippen LogP) is 3.23. The molecule has 1 N–H and O–H groups in total. The van der Waals surface area contributed by atoms with E-state index in [4.69, 9.17) is 5.11 Å². The first-order valence-electron chi connectivity index (χ1n) is 5.25. The van der Waals surface area contributed by atoms with Gasteiger partial charge in [0.25, 0.3) is 0 Å². The van der Waals surface area contributed by atoms with E-state index in [0.29, 0.717) is 5.41 Å². The molecular weight excluding hydrogens is 176 g/mol. The van der Waals surface area contributed by atoms with Gasteiger partial charge in [0.1, 0.15) is 0 Å². The first-order chi connectivity index (χ1) is 6.39. The summed E-state index contributed by atoms with van der Waals surface area (Å²) in [6.07, 6.45) is 6.24. The molecule has 0 aromatic heterocycles. The van der Waals surface area contributed by atoms with Crippen molar-refractivity contribution in [3.63, 3.8) is 0 Å². The second-order valence-electron chi connectivity index (χ2n) is 5.30. The standard InChI is InChI=1S/C12H20O2/c1-4-12(9-10(13)14)7-5-11(2,3)6-8-12/h4H,1,5-9H2,2-3H3,(H,13,14). The predicted molar refractivity (Wildman–Crippen MR) is 57.1 cm³/mol. The summed E-state index contributed by atoms with van der Waals surface area (Å²) in [5.74, 6) is -0.704. The van der Waals surface area contributed by atoms with E-state index in [2.05, 4.69) is 20.4 Å². The molecule has 1 saturated carbocycles. The van der Waals surface area contributed by atoms with Crippen LogP contribution in [0.2, 0.25) is 0 Å². The number of carboxylic acid groups (broad SMARTS) is 1. The Morgan fingerprint density at radius 2 is 1.86 bits per heavy atom. The molecule has 80 valence electrons. The zero-order valence-electron chi connectivity index (χ0n) is 9.18. The Bertz CT molecular complexity index is 231. The highest BCUT2D eigenvalue weighted by Gasteiger charge is 2.37. The van der Waals surface area contributed by atoms with Crippen LogP contribution in [-0.4, -0.2) is 11.1 Å². The van der Waals surface area contributed by atoms with Gasteiger partial charge in [-0.3, -0.25) is 4.79 Å². The molecule has 1 rings (SSSR count). The van der Waals surface area contributed by atoms with Crippen molar-refractivity contribution in [1.29, 1.82) is 0 Å². The summed E-state index contributed by atoms with van der Waals surface area (Å²) in [5.41, 5.74) is 0.242. The van der Waals surface area contributed by atoms with Crippen LogP contribution in [0.1, 0.15) is 46.0 Å². The molecule has 0 saturated heterocycles. The first kappa shape index (κ1) is 11.3. The summed E-state index contributed by atoms with van der Waals surface area (Å²) in [6.45, 7) is 8.30. The molecule has 0 spiro atoms. The van der Waals surface area contributed by atoms with E-state index >= 15 is 0 Å². The van der Waals surface area contributed by atoms with Gasteiger partial charge in [0, 0.05) is 0 Å². The van der Waals surface area contributed by atoms with E-state index < -0.39 is 5.97 Å². The van der Waals surface area contributed by atoms with Crippen LogP contribution < -0.4 is 0 Å². The lowest BCUT2D eigenvalue weighted by atomic mass is 9.64. The fraction of sp³-hybridized carbons (Fsp3) is 0.750. The Balaban J connectivity index is 2.66. The fourth-order valence-electron chi connectivity index (χ4n) is 2.18.